The van der Waals surface area contributed by atoms with Crippen molar-refractivity contribution in [1.29, 1.82) is 0 Å². The molecule has 5 nitrogen and oxygen atoms in total. The number of thioether (sulfide) groups is 1. The molecule has 2 aromatic rings. The lowest BCUT2D eigenvalue weighted by Crippen LogP contribution is -2.01. The average molecular weight is 278 g/mol. The molecular formula is C13H14N2O3S. The first-order valence-electron chi connectivity index (χ1n) is 5.76. The molecule has 0 atom stereocenters. The van der Waals surface area contributed by atoms with Gasteiger partial charge in [0.15, 0.2) is 5.16 Å². The van der Waals surface area contributed by atoms with Gasteiger partial charge in [0.2, 0.25) is 0 Å². The number of hydrogen-bond donors (Lipinski definition) is 2. The predicted octanol–water partition coefficient (Wildman–Crippen LogP) is 2.69. The number of fused-ring (bicyclic) bond motifs is 1. The van der Waals surface area contributed by atoms with E-state index in [1.165, 1.54) is 11.8 Å². The Morgan fingerprint density at radius 2 is 2.37 bits per heavy atom. The molecule has 2 N–H and O–H groups in total. The highest BCUT2D eigenvalue weighted by Crippen LogP contribution is 2.24. The second-order valence-electron chi connectivity index (χ2n) is 3.85. The molecule has 0 radical (unpaired) electrons. The SMILES string of the molecule is C=C(CSc1nc2ccc(OCC)cc2[nH]1)C(=O)O. The second kappa shape index (κ2) is 5.79. The molecule has 0 aliphatic rings. The van der Waals surface area contributed by atoms with Crippen molar-refractivity contribution in [2.45, 2.75) is 12.1 Å². The zero-order valence-electron chi connectivity index (χ0n) is 10.5. The molecule has 1 heterocycles. The number of carboxylic acids is 1. The van der Waals surface area contributed by atoms with Gasteiger partial charge >= 0.3 is 5.97 Å². The smallest absolute Gasteiger partial charge is 0.331 e. The average Bonchev–Trinajstić information content (AvgIpc) is 2.78. The Hall–Kier alpha value is -1.95. The minimum atomic E-state index is -0.984. The first kappa shape index (κ1) is 13.5. The number of aliphatic carboxylic acids is 1. The van der Waals surface area contributed by atoms with E-state index in [-0.39, 0.29) is 5.57 Å². The summed E-state index contributed by atoms with van der Waals surface area (Å²) in [7, 11) is 0. The molecule has 0 saturated heterocycles. The number of imidazole rings is 1. The number of rotatable bonds is 6. The molecule has 0 amide bonds. The van der Waals surface area contributed by atoms with Gasteiger partial charge in [-0.2, -0.15) is 0 Å². The molecule has 0 saturated carbocycles. The maximum Gasteiger partial charge on any atom is 0.331 e. The molecule has 6 heteroatoms. The van der Waals surface area contributed by atoms with Crippen LogP contribution in [0.5, 0.6) is 5.75 Å². The number of nitrogens with zero attached hydrogens (tertiary/aromatic N) is 1. The van der Waals surface area contributed by atoms with Crippen molar-refractivity contribution in [2.75, 3.05) is 12.4 Å². The molecule has 0 aliphatic carbocycles. The van der Waals surface area contributed by atoms with Crippen LogP contribution in [-0.4, -0.2) is 33.4 Å². The van der Waals surface area contributed by atoms with E-state index in [4.69, 9.17) is 9.84 Å². The molecule has 0 spiro atoms. The van der Waals surface area contributed by atoms with Crippen LogP contribution in [0.25, 0.3) is 11.0 Å². The molecule has 0 fully saturated rings. The number of benzene rings is 1. The third-order valence-electron chi connectivity index (χ3n) is 2.43. The Kier molecular flexibility index (Phi) is 4.11. The lowest BCUT2D eigenvalue weighted by Gasteiger charge is -2.00. The van der Waals surface area contributed by atoms with Gasteiger partial charge in [-0.3, -0.25) is 0 Å². The Labute approximate surface area is 114 Å². The summed E-state index contributed by atoms with van der Waals surface area (Å²) in [4.78, 5) is 18.1. The van der Waals surface area contributed by atoms with Crippen LogP contribution in [-0.2, 0) is 4.79 Å². The van der Waals surface area contributed by atoms with Crippen LogP contribution in [0.3, 0.4) is 0 Å². The summed E-state index contributed by atoms with van der Waals surface area (Å²) < 4.78 is 5.41. The van der Waals surface area contributed by atoms with Crippen molar-refractivity contribution < 1.29 is 14.6 Å². The van der Waals surface area contributed by atoms with E-state index in [0.29, 0.717) is 17.5 Å². The molecule has 100 valence electrons. The summed E-state index contributed by atoms with van der Waals surface area (Å²) in [6.07, 6.45) is 0. The number of aromatic amines is 1. The molecule has 1 aromatic carbocycles. The van der Waals surface area contributed by atoms with Crippen molar-refractivity contribution in [3.8, 4) is 5.75 Å². The van der Waals surface area contributed by atoms with Crippen molar-refractivity contribution in [1.82, 2.24) is 9.97 Å². The zero-order chi connectivity index (χ0) is 13.8. The van der Waals surface area contributed by atoms with E-state index in [1.807, 2.05) is 25.1 Å². The van der Waals surface area contributed by atoms with Gasteiger partial charge in [-0.15, -0.1) is 0 Å². The topological polar surface area (TPSA) is 75.2 Å². The second-order valence-corrected chi connectivity index (χ2v) is 4.82. The predicted molar refractivity (Wildman–Crippen MR) is 74.8 cm³/mol. The van der Waals surface area contributed by atoms with Gasteiger partial charge in [0.05, 0.1) is 17.6 Å². The van der Waals surface area contributed by atoms with E-state index in [2.05, 4.69) is 16.5 Å². The number of carbonyl (C=O) groups is 1. The Morgan fingerprint density at radius 3 is 3.05 bits per heavy atom. The molecule has 0 bridgehead atoms. The van der Waals surface area contributed by atoms with Crippen molar-refractivity contribution in [2.24, 2.45) is 0 Å². The lowest BCUT2D eigenvalue weighted by atomic mass is 10.3. The molecule has 2 rings (SSSR count). The number of hydrogen-bond acceptors (Lipinski definition) is 4. The lowest BCUT2D eigenvalue weighted by molar-refractivity contribution is -0.132. The maximum absolute atomic E-state index is 10.6. The van der Waals surface area contributed by atoms with Crippen LogP contribution in [0.1, 0.15) is 6.92 Å². The van der Waals surface area contributed by atoms with E-state index in [1.54, 1.807) is 0 Å². The van der Waals surface area contributed by atoms with Crippen molar-refractivity contribution >= 4 is 28.8 Å². The van der Waals surface area contributed by atoms with E-state index >= 15 is 0 Å². The summed E-state index contributed by atoms with van der Waals surface area (Å²) >= 11 is 1.31. The molecule has 0 unspecified atom stereocenters. The first-order valence-corrected chi connectivity index (χ1v) is 6.75. The van der Waals surface area contributed by atoms with E-state index in [9.17, 15) is 4.79 Å². The largest absolute Gasteiger partial charge is 0.494 e. The summed E-state index contributed by atoms with van der Waals surface area (Å²) in [5, 5.41) is 9.41. The number of carboxylic acid groups (broad SMARTS) is 1. The zero-order valence-corrected chi connectivity index (χ0v) is 11.3. The maximum atomic E-state index is 10.6. The van der Waals surface area contributed by atoms with Crippen LogP contribution in [0.4, 0.5) is 0 Å². The summed E-state index contributed by atoms with van der Waals surface area (Å²) in [6, 6.07) is 5.60. The minimum absolute atomic E-state index is 0.153. The van der Waals surface area contributed by atoms with E-state index < -0.39 is 5.97 Å². The highest BCUT2D eigenvalue weighted by atomic mass is 32.2. The number of ether oxygens (including phenoxy) is 1. The fraction of sp³-hybridized carbons (Fsp3) is 0.231. The van der Waals surface area contributed by atoms with Crippen LogP contribution in [0.2, 0.25) is 0 Å². The minimum Gasteiger partial charge on any atom is -0.494 e. The summed E-state index contributed by atoms with van der Waals surface area (Å²) in [6.45, 7) is 6.02. The quantitative estimate of drug-likeness (QED) is 0.627. The van der Waals surface area contributed by atoms with Crippen LogP contribution in [0, 0.1) is 0 Å². The fourth-order valence-electron chi connectivity index (χ4n) is 1.51. The van der Waals surface area contributed by atoms with Gasteiger partial charge in [-0.05, 0) is 19.1 Å². The van der Waals surface area contributed by atoms with Crippen LogP contribution >= 0.6 is 11.8 Å². The normalized spacial score (nSPS) is 10.6. The fourth-order valence-corrected chi connectivity index (χ4v) is 2.29. The van der Waals surface area contributed by atoms with E-state index in [0.717, 1.165) is 16.8 Å². The van der Waals surface area contributed by atoms with Crippen LogP contribution < -0.4 is 4.74 Å². The third kappa shape index (κ3) is 3.29. The highest BCUT2D eigenvalue weighted by molar-refractivity contribution is 7.99. The number of H-pyrrole nitrogens is 1. The molecular weight excluding hydrogens is 264 g/mol. The summed E-state index contributed by atoms with van der Waals surface area (Å²) in [5.41, 5.74) is 1.85. The number of aromatic nitrogens is 2. The van der Waals surface area contributed by atoms with Gasteiger partial charge < -0.3 is 14.8 Å². The van der Waals surface area contributed by atoms with Gasteiger partial charge in [-0.25, -0.2) is 9.78 Å². The van der Waals surface area contributed by atoms with Gasteiger partial charge in [0.25, 0.3) is 0 Å². The summed E-state index contributed by atoms with van der Waals surface area (Å²) in [5.74, 6) is 0.0976. The Bertz CT molecular complexity index is 621. The van der Waals surface area contributed by atoms with Gasteiger partial charge in [0, 0.05) is 17.4 Å². The number of nitrogens with one attached hydrogen (secondary N) is 1. The van der Waals surface area contributed by atoms with Crippen molar-refractivity contribution in [3.05, 3.63) is 30.4 Å². The first-order chi connectivity index (χ1) is 9.10. The molecule has 19 heavy (non-hydrogen) atoms. The highest BCUT2D eigenvalue weighted by Gasteiger charge is 2.08. The van der Waals surface area contributed by atoms with Crippen LogP contribution in [0.15, 0.2) is 35.5 Å². The van der Waals surface area contributed by atoms with Gasteiger partial charge in [0.1, 0.15) is 5.75 Å². The third-order valence-corrected chi connectivity index (χ3v) is 3.39. The molecule has 0 aliphatic heterocycles. The van der Waals surface area contributed by atoms with Crippen molar-refractivity contribution in [3.63, 3.8) is 0 Å². The Morgan fingerprint density at radius 1 is 1.58 bits per heavy atom. The Balaban J connectivity index is 2.12. The van der Waals surface area contributed by atoms with Gasteiger partial charge in [-0.1, -0.05) is 18.3 Å². The molecule has 1 aromatic heterocycles. The standard InChI is InChI=1S/C13H14N2O3S/c1-3-18-9-4-5-10-11(6-9)15-13(14-10)19-7-8(2)12(16)17/h4-6H,2-3,7H2,1H3,(H,14,15)(H,16,17). The monoisotopic (exact) mass is 278 g/mol.